The van der Waals surface area contributed by atoms with Gasteiger partial charge in [0.15, 0.2) is 0 Å². The number of hydrogen-bond acceptors (Lipinski definition) is 4. The molecule has 1 saturated carbocycles. The van der Waals surface area contributed by atoms with E-state index in [0.29, 0.717) is 6.54 Å². The van der Waals surface area contributed by atoms with Crippen molar-refractivity contribution < 1.29 is 13.2 Å². The summed E-state index contributed by atoms with van der Waals surface area (Å²) in [5, 5.41) is 3.15. The fourth-order valence-electron chi connectivity index (χ4n) is 1.99. The molecule has 1 aromatic heterocycles. The molecular formula is C13H19F3N4. The van der Waals surface area contributed by atoms with Gasteiger partial charge in [-0.15, -0.1) is 0 Å². The van der Waals surface area contributed by atoms with Crippen molar-refractivity contribution >= 4 is 5.95 Å². The molecular weight excluding hydrogens is 269 g/mol. The maximum absolute atomic E-state index is 12.6. The zero-order valence-corrected chi connectivity index (χ0v) is 11.7. The molecule has 0 aromatic carbocycles. The number of aryl methyl sites for hydroxylation is 1. The van der Waals surface area contributed by atoms with Crippen molar-refractivity contribution in [3.8, 4) is 0 Å². The first-order chi connectivity index (χ1) is 9.40. The summed E-state index contributed by atoms with van der Waals surface area (Å²) < 4.78 is 37.9. The molecule has 20 heavy (non-hydrogen) atoms. The van der Waals surface area contributed by atoms with Gasteiger partial charge in [-0.1, -0.05) is 6.92 Å². The predicted octanol–water partition coefficient (Wildman–Crippen LogP) is 2.43. The van der Waals surface area contributed by atoms with Crippen LogP contribution in [0.25, 0.3) is 0 Å². The smallest absolute Gasteiger partial charge is 0.329 e. The number of hydrogen-bond donors (Lipinski definition) is 1. The average Bonchev–Trinajstić information content (AvgIpc) is 3.17. The van der Waals surface area contributed by atoms with Gasteiger partial charge in [-0.05, 0) is 26.3 Å². The Balaban J connectivity index is 2.15. The van der Waals surface area contributed by atoms with Crippen molar-refractivity contribution in [3.05, 3.63) is 17.5 Å². The second-order valence-electron chi connectivity index (χ2n) is 5.04. The Kier molecular flexibility index (Phi) is 4.47. The Bertz CT molecular complexity index is 457. The quantitative estimate of drug-likeness (QED) is 0.873. The van der Waals surface area contributed by atoms with E-state index in [4.69, 9.17) is 0 Å². The topological polar surface area (TPSA) is 41.1 Å². The number of alkyl halides is 3. The highest BCUT2D eigenvalue weighted by atomic mass is 19.4. The van der Waals surface area contributed by atoms with Crippen molar-refractivity contribution in [1.82, 2.24) is 15.3 Å². The molecule has 0 atom stereocenters. The summed E-state index contributed by atoms with van der Waals surface area (Å²) in [6.07, 6.45) is -1.07. The van der Waals surface area contributed by atoms with Crippen LogP contribution in [0, 0.1) is 6.92 Å². The van der Waals surface area contributed by atoms with E-state index in [2.05, 4.69) is 15.3 Å². The maximum atomic E-state index is 12.6. The first-order valence-corrected chi connectivity index (χ1v) is 6.77. The predicted molar refractivity (Wildman–Crippen MR) is 70.6 cm³/mol. The van der Waals surface area contributed by atoms with Crippen molar-refractivity contribution in [1.29, 1.82) is 0 Å². The maximum Gasteiger partial charge on any atom is 0.406 e. The highest BCUT2D eigenvalue weighted by molar-refractivity contribution is 5.36. The van der Waals surface area contributed by atoms with E-state index in [-0.39, 0.29) is 12.0 Å². The first-order valence-electron chi connectivity index (χ1n) is 6.77. The number of aromatic nitrogens is 2. The molecule has 7 heteroatoms. The van der Waals surface area contributed by atoms with E-state index < -0.39 is 12.7 Å². The summed E-state index contributed by atoms with van der Waals surface area (Å²) in [5.41, 5.74) is 1.64. The van der Waals surface area contributed by atoms with Gasteiger partial charge in [-0.2, -0.15) is 13.2 Å². The normalized spacial score (nSPS) is 15.4. The Labute approximate surface area is 116 Å². The van der Waals surface area contributed by atoms with Crippen LogP contribution in [-0.4, -0.2) is 35.3 Å². The van der Waals surface area contributed by atoms with Crippen LogP contribution in [0.3, 0.4) is 0 Å². The summed E-state index contributed by atoms with van der Waals surface area (Å²) in [4.78, 5) is 9.63. The van der Waals surface area contributed by atoms with Crippen LogP contribution in [0.15, 0.2) is 6.20 Å². The fraction of sp³-hybridized carbons (Fsp3) is 0.692. The third-order valence-corrected chi connectivity index (χ3v) is 3.23. The lowest BCUT2D eigenvalue weighted by Crippen LogP contribution is -2.37. The van der Waals surface area contributed by atoms with E-state index in [1.54, 1.807) is 13.1 Å². The van der Waals surface area contributed by atoms with Crippen molar-refractivity contribution in [3.63, 3.8) is 0 Å². The van der Waals surface area contributed by atoms with Crippen molar-refractivity contribution in [2.24, 2.45) is 0 Å². The van der Waals surface area contributed by atoms with Gasteiger partial charge in [-0.25, -0.2) is 9.97 Å². The Morgan fingerprint density at radius 2 is 2.10 bits per heavy atom. The number of halogens is 3. The fourth-order valence-corrected chi connectivity index (χ4v) is 1.99. The third-order valence-electron chi connectivity index (χ3n) is 3.23. The molecule has 0 radical (unpaired) electrons. The van der Waals surface area contributed by atoms with Gasteiger partial charge in [0.25, 0.3) is 0 Å². The molecule has 1 aromatic rings. The third kappa shape index (κ3) is 4.06. The molecule has 1 fully saturated rings. The van der Waals surface area contributed by atoms with E-state index in [1.807, 2.05) is 6.92 Å². The zero-order chi connectivity index (χ0) is 14.8. The van der Waals surface area contributed by atoms with Crippen LogP contribution in [-0.2, 0) is 6.54 Å². The van der Waals surface area contributed by atoms with Gasteiger partial charge in [0, 0.05) is 30.0 Å². The second-order valence-corrected chi connectivity index (χ2v) is 5.04. The molecule has 0 bridgehead atoms. The summed E-state index contributed by atoms with van der Waals surface area (Å²) in [6.45, 7) is 4.26. The van der Waals surface area contributed by atoms with Gasteiger partial charge in [0.1, 0.15) is 6.54 Å². The molecule has 1 N–H and O–H groups in total. The Morgan fingerprint density at radius 3 is 2.60 bits per heavy atom. The van der Waals surface area contributed by atoms with Gasteiger partial charge < -0.3 is 10.2 Å². The van der Waals surface area contributed by atoms with E-state index in [9.17, 15) is 13.2 Å². The number of anilines is 1. The number of nitrogens with zero attached hydrogens (tertiary/aromatic N) is 3. The number of nitrogens with one attached hydrogen (secondary N) is 1. The monoisotopic (exact) mass is 288 g/mol. The van der Waals surface area contributed by atoms with Gasteiger partial charge >= 0.3 is 6.18 Å². The Morgan fingerprint density at radius 1 is 1.40 bits per heavy atom. The SMILES string of the molecule is CCNCc1cnc(N(CC(F)(F)F)C2CC2)nc1C. The van der Waals surface area contributed by atoms with Gasteiger partial charge in [0.2, 0.25) is 5.95 Å². The summed E-state index contributed by atoms with van der Waals surface area (Å²) in [6, 6.07) is -0.0735. The standard InChI is InChI=1S/C13H19F3N4/c1-3-17-6-10-7-18-12(19-9(10)2)20(11-4-5-11)8-13(14,15)16/h7,11,17H,3-6,8H2,1-2H3. The molecule has 0 unspecified atom stereocenters. The summed E-state index contributed by atoms with van der Waals surface area (Å²) in [7, 11) is 0. The molecule has 0 aliphatic heterocycles. The van der Waals surface area contributed by atoms with Crippen molar-refractivity contribution in [2.45, 2.75) is 45.5 Å². The van der Waals surface area contributed by atoms with Crippen LogP contribution in [0.5, 0.6) is 0 Å². The van der Waals surface area contributed by atoms with Gasteiger partial charge in [-0.3, -0.25) is 0 Å². The molecule has 0 spiro atoms. The molecule has 2 rings (SSSR count). The van der Waals surface area contributed by atoms with Crippen molar-refractivity contribution in [2.75, 3.05) is 18.0 Å². The summed E-state index contributed by atoms with van der Waals surface area (Å²) >= 11 is 0. The van der Waals surface area contributed by atoms with Gasteiger partial charge in [0.05, 0.1) is 0 Å². The molecule has 0 saturated heterocycles. The zero-order valence-electron chi connectivity index (χ0n) is 11.7. The minimum Gasteiger partial charge on any atom is -0.329 e. The van der Waals surface area contributed by atoms with E-state index >= 15 is 0 Å². The average molecular weight is 288 g/mol. The molecule has 112 valence electrons. The largest absolute Gasteiger partial charge is 0.406 e. The molecule has 0 amide bonds. The van der Waals surface area contributed by atoms with Crippen LogP contribution in [0.4, 0.5) is 19.1 Å². The Hall–Kier alpha value is -1.37. The summed E-state index contributed by atoms with van der Waals surface area (Å²) in [5.74, 6) is 0.183. The van der Waals surface area contributed by atoms with E-state index in [0.717, 1.165) is 30.6 Å². The lowest BCUT2D eigenvalue weighted by molar-refractivity contribution is -0.120. The van der Waals surface area contributed by atoms with Crippen LogP contribution < -0.4 is 10.2 Å². The van der Waals surface area contributed by atoms with Crippen LogP contribution in [0.2, 0.25) is 0 Å². The molecule has 1 aliphatic rings. The molecule has 1 aliphatic carbocycles. The number of rotatable bonds is 6. The highest BCUT2D eigenvalue weighted by Crippen LogP contribution is 2.32. The van der Waals surface area contributed by atoms with Crippen LogP contribution in [0.1, 0.15) is 31.0 Å². The van der Waals surface area contributed by atoms with E-state index in [1.165, 1.54) is 4.90 Å². The molecule has 1 heterocycles. The molecule has 4 nitrogen and oxygen atoms in total. The lowest BCUT2D eigenvalue weighted by atomic mass is 10.2. The van der Waals surface area contributed by atoms with Crippen LogP contribution >= 0.6 is 0 Å². The second kappa shape index (κ2) is 5.95. The first kappa shape index (κ1) is 15.0. The minimum atomic E-state index is -4.23. The highest BCUT2D eigenvalue weighted by Gasteiger charge is 2.39. The minimum absolute atomic E-state index is 0.0735. The lowest BCUT2D eigenvalue weighted by Gasteiger charge is -2.24.